The molecule has 0 saturated heterocycles. The van der Waals surface area contributed by atoms with Gasteiger partial charge in [-0.1, -0.05) is 12.1 Å². The number of para-hydroxylation sites is 1. The van der Waals surface area contributed by atoms with Crippen LogP contribution in [0.1, 0.15) is 29.3 Å². The molecule has 4 aromatic rings. The number of fused-ring (bicyclic) bond motifs is 1. The fourth-order valence-electron chi connectivity index (χ4n) is 2.83. The van der Waals surface area contributed by atoms with Crippen LogP contribution in [0.5, 0.6) is 0 Å². The second kappa shape index (κ2) is 7.07. The number of H-pyrrole nitrogens is 1. The number of benzene rings is 2. The van der Waals surface area contributed by atoms with Crippen LogP contribution in [-0.4, -0.2) is 25.5 Å². The Morgan fingerprint density at radius 1 is 1.18 bits per heavy atom. The maximum Gasteiger partial charge on any atom is 0.357 e. The van der Waals surface area contributed by atoms with E-state index in [1.807, 2.05) is 0 Å². The summed E-state index contributed by atoms with van der Waals surface area (Å²) in [6.07, 6.45) is 2.00. The number of hydrogen-bond acceptors (Lipinski definition) is 5. The quantitative estimate of drug-likeness (QED) is 0.551. The predicted octanol–water partition coefficient (Wildman–Crippen LogP) is 3.17. The third-order valence-electron chi connectivity index (χ3n) is 4.25. The molecule has 0 fully saturated rings. The van der Waals surface area contributed by atoms with Crippen LogP contribution in [0.2, 0.25) is 0 Å². The van der Waals surface area contributed by atoms with Gasteiger partial charge in [-0.15, -0.1) is 0 Å². The molecule has 1 unspecified atom stereocenters. The normalized spacial score (nSPS) is 12.1. The van der Waals surface area contributed by atoms with E-state index in [0.717, 1.165) is 0 Å². The van der Waals surface area contributed by atoms with Crippen LogP contribution in [0.25, 0.3) is 16.6 Å². The zero-order valence-electron chi connectivity index (χ0n) is 14.8. The molecule has 0 bridgehead atoms. The first-order valence-corrected chi connectivity index (χ1v) is 8.51. The molecule has 0 saturated carbocycles. The number of esters is 1. The van der Waals surface area contributed by atoms with E-state index in [2.05, 4.69) is 15.0 Å². The van der Waals surface area contributed by atoms with Gasteiger partial charge >= 0.3 is 5.97 Å². The van der Waals surface area contributed by atoms with Crippen LogP contribution < -0.4 is 5.56 Å². The molecule has 8 heteroatoms. The lowest BCUT2D eigenvalue weighted by molar-refractivity contribution is 0.0310. The Labute approximate surface area is 158 Å². The number of carbonyl (C=O) groups excluding carboxylic acids is 1. The van der Waals surface area contributed by atoms with Gasteiger partial charge in [0, 0.05) is 5.69 Å². The van der Waals surface area contributed by atoms with Crippen molar-refractivity contribution < 1.29 is 13.9 Å². The summed E-state index contributed by atoms with van der Waals surface area (Å²) in [6.45, 7) is 1.61. The van der Waals surface area contributed by atoms with Crippen molar-refractivity contribution in [2.75, 3.05) is 0 Å². The molecule has 0 aliphatic rings. The molecule has 140 valence electrons. The molecule has 2 heterocycles. The molecule has 1 atom stereocenters. The Morgan fingerprint density at radius 3 is 2.71 bits per heavy atom. The minimum atomic E-state index is -0.790. The number of carbonyl (C=O) groups is 1. The van der Waals surface area contributed by atoms with Gasteiger partial charge in [0.15, 0.2) is 17.6 Å². The van der Waals surface area contributed by atoms with Crippen molar-refractivity contribution in [3.05, 3.63) is 88.7 Å². The molecular weight excluding hydrogens is 363 g/mol. The topological polar surface area (TPSA) is 89.9 Å². The molecule has 2 aromatic heterocycles. The SMILES string of the molecule is CC(OC(=O)c1cncn1-c1ccc(F)cc1)c1nc2ccccc2c(=O)[nH]1. The minimum absolute atomic E-state index is 0.168. The number of nitrogens with one attached hydrogen (secondary N) is 1. The molecule has 28 heavy (non-hydrogen) atoms. The van der Waals surface area contributed by atoms with Gasteiger partial charge in [-0.25, -0.2) is 19.2 Å². The Bertz CT molecular complexity index is 1210. The lowest BCUT2D eigenvalue weighted by Gasteiger charge is -2.14. The van der Waals surface area contributed by atoms with Crippen molar-refractivity contribution in [3.8, 4) is 5.69 Å². The summed E-state index contributed by atoms with van der Waals surface area (Å²) in [5, 5.41) is 0.458. The summed E-state index contributed by atoms with van der Waals surface area (Å²) in [5.74, 6) is -0.789. The second-order valence-electron chi connectivity index (χ2n) is 6.14. The first-order valence-electron chi connectivity index (χ1n) is 8.51. The first-order chi connectivity index (χ1) is 13.5. The minimum Gasteiger partial charge on any atom is -0.450 e. The van der Waals surface area contributed by atoms with Crippen LogP contribution in [-0.2, 0) is 4.74 Å². The number of nitrogens with zero attached hydrogens (tertiary/aromatic N) is 3. The highest BCUT2D eigenvalue weighted by Gasteiger charge is 2.20. The zero-order valence-corrected chi connectivity index (χ0v) is 14.8. The van der Waals surface area contributed by atoms with E-state index in [4.69, 9.17) is 4.74 Å². The van der Waals surface area contributed by atoms with Crippen molar-refractivity contribution in [1.82, 2.24) is 19.5 Å². The summed E-state index contributed by atoms with van der Waals surface area (Å²) in [7, 11) is 0. The molecule has 0 amide bonds. The molecule has 2 aromatic carbocycles. The van der Waals surface area contributed by atoms with E-state index < -0.39 is 12.1 Å². The molecule has 0 aliphatic carbocycles. The highest BCUT2D eigenvalue weighted by Crippen LogP contribution is 2.18. The molecule has 4 rings (SSSR count). The Morgan fingerprint density at radius 2 is 1.93 bits per heavy atom. The van der Waals surface area contributed by atoms with Gasteiger partial charge in [0.05, 0.1) is 23.4 Å². The van der Waals surface area contributed by atoms with Crippen LogP contribution in [0.4, 0.5) is 4.39 Å². The average Bonchev–Trinajstić information content (AvgIpc) is 3.18. The summed E-state index contributed by atoms with van der Waals surface area (Å²) >= 11 is 0. The Balaban J connectivity index is 1.60. The predicted molar refractivity (Wildman–Crippen MR) is 99.7 cm³/mol. The summed E-state index contributed by atoms with van der Waals surface area (Å²) in [5.41, 5.74) is 0.942. The maximum atomic E-state index is 13.1. The molecule has 0 aliphatic heterocycles. The third-order valence-corrected chi connectivity index (χ3v) is 4.25. The monoisotopic (exact) mass is 378 g/mol. The number of aromatic amines is 1. The van der Waals surface area contributed by atoms with E-state index in [1.165, 1.54) is 41.4 Å². The number of ether oxygens (including phenoxy) is 1. The fourth-order valence-corrected chi connectivity index (χ4v) is 2.83. The highest BCUT2D eigenvalue weighted by molar-refractivity contribution is 5.88. The van der Waals surface area contributed by atoms with Gasteiger partial charge in [0.1, 0.15) is 5.82 Å². The van der Waals surface area contributed by atoms with Gasteiger partial charge in [0.2, 0.25) is 0 Å². The maximum absolute atomic E-state index is 13.1. The van der Waals surface area contributed by atoms with Gasteiger partial charge in [-0.2, -0.15) is 0 Å². The number of aromatic nitrogens is 4. The van der Waals surface area contributed by atoms with Crippen LogP contribution in [0.15, 0.2) is 65.8 Å². The summed E-state index contributed by atoms with van der Waals surface area (Å²) in [6, 6.07) is 12.5. The largest absolute Gasteiger partial charge is 0.450 e. The van der Waals surface area contributed by atoms with Gasteiger partial charge in [-0.05, 0) is 43.3 Å². The number of imidazole rings is 1. The average molecular weight is 378 g/mol. The van der Waals surface area contributed by atoms with E-state index in [9.17, 15) is 14.0 Å². The van der Waals surface area contributed by atoms with Crippen molar-refractivity contribution in [3.63, 3.8) is 0 Å². The molecule has 0 radical (unpaired) electrons. The van der Waals surface area contributed by atoms with Crippen molar-refractivity contribution >= 4 is 16.9 Å². The smallest absolute Gasteiger partial charge is 0.357 e. The number of hydrogen-bond donors (Lipinski definition) is 1. The van der Waals surface area contributed by atoms with Crippen LogP contribution >= 0.6 is 0 Å². The van der Waals surface area contributed by atoms with Gasteiger partial charge in [0.25, 0.3) is 5.56 Å². The standard InChI is InChI=1S/C20H15FN4O3/c1-12(18-23-16-5-3-2-4-15(16)19(26)24-18)28-20(27)17-10-22-11-25(17)14-8-6-13(21)7-9-14/h2-12H,1H3,(H,23,24,26). The molecule has 7 nitrogen and oxygen atoms in total. The zero-order chi connectivity index (χ0) is 19.7. The van der Waals surface area contributed by atoms with E-state index >= 15 is 0 Å². The molecular formula is C20H15FN4O3. The van der Waals surface area contributed by atoms with E-state index in [0.29, 0.717) is 16.6 Å². The van der Waals surface area contributed by atoms with Crippen LogP contribution in [0.3, 0.4) is 0 Å². The third kappa shape index (κ3) is 3.27. The molecule has 1 N–H and O–H groups in total. The van der Waals surface area contributed by atoms with Crippen molar-refractivity contribution in [2.45, 2.75) is 13.0 Å². The fraction of sp³-hybridized carbons (Fsp3) is 0.100. The van der Waals surface area contributed by atoms with Crippen LogP contribution in [0, 0.1) is 5.82 Å². The number of halogens is 1. The second-order valence-corrected chi connectivity index (χ2v) is 6.14. The highest BCUT2D eigenvalue weighted by atomic mass is 19.1. The summed E-state index contributed by atoms with van der Waals surface area (Å²) < 4.78 is 20.1. The lowest BCUT2D eigenvalue weighted by atomic mass is 10.2. The van der Waals surface area contributed by atoms with E-state index in [-0.39, 0.29) is 22.9 Å². The molecule has 0 spiro atoms. The Kier molecular flexibility index (Phi) is 4.44. The van der Waals surface area contributed by atoms with Crippen molar-refractivity contribution in [1.29, 1.82) is 0 Å². The summed E-state index contributed by atoms with van der Waals surface area (Å²) in [4.78, 5) is 35.8. The number of rotatable bonds is 4. The van der Waals surface area contributed by atoms with E-state index in [1.54, 1.807) is 31.2 Å². The first kappa shape index (κ1) is 17.6. The lowest BCUT2D eigenvalue weighted by Crippen LogP contribution is -2.18. The van der Waals surface area contributed by atoms with Gasteiger partial charge < -0.3 is 9.72 Å². The van der Waals surface area contributed by atoms with Crippen molar-refractivity contribution in [2.24, 2.45) is 0 Å². The van der Waals surface area contributed by atoms with Gasteiger partial charge in [-0.3, -0.25) is 9.36 Å². The Hall–Kier alpha value is -3.81.